The van der Waals surface area contributed by atoms with Gasteiger partial charge in [-0.25, -0.2) is 4.98 Å². The molecular weight excluding hydrogens is 582 g/mol. The van der Waals surface area contributed by atoms with Gasteiger partial charge in [0.2, 0.25) is 5.75 Å². The van der Waals surface area contributed by atoms with Crippen LogP contribution in [0.25, 0.3) is 10.9 Å². The van der Waals surface area contributed by atoms with Gasteiger partial charge in [-0.1, -0.05) is 23.7 Å². The molecule has 0 radical (unpaired) electrons. The highest BCUT2D eigenvalue weighted by Crippen LogP contribution is 2.40. The summed E-state index contributed by atoms with van der Waals surface area (Å²) in [5, 5.41) is 4.90. The number of fused-ring (bicyclic) bond motifs is 1. The molecule has 5 N–H and O–H groups in total. The number of carbonyl (C=O) groups excluding carboxylic acids is 1. The lowest BCUT2D eigenvalue weighted by atomic mass is 10.1. The maximum Gasteiger partial charge on any atom is 0.298 e. The number of anilines is 2. The Kier molecular flexibility index (Phi) is 9.69. The Balaban J connectivity index is 1.32. The largest absolute Gasteiger partial charge is 0.493 e. The lowest BCUT2D eigenvalue weighted by molar-refractivity contribution is 0.0998. The van der Waals surface area contributed by atoms with E-state index >= 15 is 0 Å². The monoisotopic (exact) mass is 617 g/mol. The number of piperazine rings is 1. The number of nitrogens with one attached hydrogen (secondary N) is 1. The number of rotatable bonds is 10. The highest BCUT2D eigenvalue weighted by Gasteiger charge is 2.22. The average molecular weight is 618 g/mol. The molecule has 0 atom stereocenters. The van der Waals surface area contributed by atoms with Crippen LogP contribution in [0.5, 0.6) is 17.2 Å². The number of hydrogen-bond donors (Lipinski definition) is 3. The van der Waals surface area contributed by atoms with Crippen molar-refractivity contribution in [2.45, 2.75) is 13.1 Å². The van der Waals surface area contributed by atoms with Gasteiger partial charge in [0.15, 0.2) is 17.5 Å². The lowest BCUT2D eigenvalue weighted by Gasteiger charge is -2.35. The van der Waals surface area contributed by atoms with Crippen molar-refractivity contribution in [2.75, 3.05) is 52.8 Å². The molecule has 5 rings (SSSR count). The summed E-state index contributed by atoms with van der Waals surface area (Å²) in [4.78, 5) is 25.7. The van der Waals surface area contributed by atoms with Gasteiger partial charge in [0.1, 0.15) is 5.69 Å². The van der Waals surface area contributed by atoms with Crippen LogP contribution in [0.2, 0.25) is 5.02 Å². The molecule has 0 saturated carbocycles. The first-order valence-corrected chi connectivity index (χ1v) is 14.5. The van der Waals surface area contributed by atoms with Crippen LogP contribution < -0.4 is 31.0 Å². The van der Waals surface area contributed by atoms with Crippen molar-refractivity contribution in [3.63, 3.8) is 0 Å². The van der Waals surface area contributed by atoms with Gasteiger partial charge in [-0.05, 0) is 54.1 Å². The smallest absolute Gasteiger partial charge is 0.298 e. The number of aliphatic imine (C=N–C) groups is 1. The van der Waals surface area contributed by atoms with Crippen LogP contribution in [0, 0.1) is 0 Å². The molecule has 0 bridgehead atoms. The third-order valence-electron chi connectivity index (χ3n) is 7.50. The SMILES string of the molecule is COc1ccc(CN2CCN(Cc3ccc4nc(C(=O)N=C(N)N)cc(Nc5ccc(Cl)cc5)c4c3)CC2)c(OC)c1OC. The molecule has 1 aliphatic rings. The van der Waals surface area contributed by atoms with Crippen molar-refractivity contribution >= 4 is 45.7 Å². The number of hydrogen-bond acceptors (Lipinski definition) is 8. The number of benzene rings is 3. The van der Waals surface area contributed by atoms with Crippen LogP contribution in [0.3, 0.4) is 0 Å². The summed E-state index contributed by atoms with van der Waals surface area (Å²) in [6.07, 6.45) is 0. The molecule has 0 aliphatic carbocycles. The number of pyridine rings is 1. The van der Waals surface area contributed by atoms with Crippen molar-refractivity contribution in [3.8, 4) is 17.2 Å². The molecule has 0 unspecified atom stereocenters. The Labute approximate surface area is 261 Å². The summed E-state index contributed by atoms with van der Waals surface area (Å²) < 4.78 is 16.7. The maximum atomic E-state index is 12.6. The minimum absolute atomic E-state index is 0.136. The minimum Gasteiger partial charge on any atom is -0.493 e. The first-order valence-electron chi connectivity index (χ1n) is 14.1. The third kappa shape index (κ3) is 7.13. The molecule has 12 heteroatoms. The van der Waals surface area contributed by atoms with E-state index in [1.165, 1.54) is 0 Å². The second kappa shape index (κ2) is 13.8. The molecular formula is C32H36ClN7O4. The summed E-state index contributed by atoms with van der Waals surface area (Å²) >= 11 is 6.08. The van der Waals surface area contributed by atoms with Crippen LogP contribution in [-0.2, 0) is 13.1 Å². The number of ether oxygens (including phenoxy) is 3. The Bertz CT molecular complexity index is 1670. The molecule has 2 heterocycles. The summed E-state index contributed by atoms with van der Waals surface area (Å²) in [6, 6.07) is 19.0. The first kappa shape index (κ1) is 30.9. The fraction of sp³-hybridized carbons (Fsp3) is 0.281. The van der Waals surface area contributed by atoms with Crippen molar-refractivity contribution in [2.24, 2.45) is 16.5 Å². The molecule has 1 aliphatic heterocycles. The Morgan fingerprint density at radius 2 is 1.57 bits per heavy atom. The van der Waals surface area contributed by atoms with E-state index in [0.717, 1.165) is 61.5 Å². The predicted molar refractivity (Wildman–Crippen MR) is 173 cm³/mol. The number of amides is 1. The van der Waals surface area contributed by atoms with Gasteiger partial charge in [0.05, 0.1) is 32.5 Å². The Morgan fingerprint density at radius 3 is 2.20 bits per heavy atom. The molecule has 44 heavy (non-hydrogen) atoms. The number of aromatic nitrogens is 1. The second-order valence-corrected chi connectivity index (χ2v) is 10.9. The summed E-state index contributed by atoms with van der Waals surface area (Å²) in [7, 11) is 4.89. The zero-order chi connectivity index (χ0) is 31.2. The van der Waals surface area contributed by atoms with E-state index in [0.29, 0.717) is 33.5 Å². The molecule has 0 spiro atoms. The van der Waals surface area contributed by atoms with Crippen LogP contribution in [-0.4, -0.2) is 74.2 Å². The minimum atomic E-state index is -0.612. The van der Waals surface area contributed by atoms with Crippen molar-refractivity contribution in [1.29, 1.82) is 0 Å². The van der Waals surface area contributed by atoms with Crippen LogP contribution in [0.15, 0.2) is 65.7 Å². The van der Waals surface area contributed by atoms with Gasteiger partial charge in [-0.3, -0.25) is 14.6 Å². The molecule has 3 aromatic carbocycles. The zero-order valence-corrected chi connectivity index (χ0v) is 25.7. The van der Waals surface area contributed by atoms with Gasteiger partial charge < -0.3 is 31.0 Å². The van der Waals surface area contributed by atoms with E-state index in [9.17, 15) is 4.79 Å². The molecule has 1 saturated heterocycles. The standard InChI is InChI=1S/C32H36ClN7O4/c1-42-28-11-5-21(29(43-2)30(28)44-3)19-40-14-12-39(13-15-40)18-20-4-10-25-24(16-20)26(36-23-8-6-22(33)7-9-23)17-27(37-25)31(41)38-32(34)35/h4-11,16-17H,12-15,18-19H2,1-3H3,(H,36,37)(H4,34,35,38,41). The van der Waals surface area contributed by atoms with E-state index in [1.54, 1.807) is 39.5 Å². The first-order chi connectivity index (χ1) is 21.3. The van der Waals surface area contributed by atoms with E-state index < -0.39 is 5.91 Å². The van der Waals surface area contributed by atoms with Gasteiger partial charge in [0.25, 0.3) is 5.91 Å². The molecule has 1 aromatic heterocycles. The number of nitrogens with zero attached hydrogens (tertiary/aromatic N) is 4. The highest BCUT2D eigenvalue weighted by atomic mass is 35.5. The number of halogens is 1. The average Bonchev–Trinajstić information content (AvgIpc) is 3.02. The van der Waals surface area contributed by atoms with E-state index in [1.807, 2.05) is 36.4 Å². The Hall–Kier alpha value is -4.58. The molecule has 4 aromatic rings. The summed E-state index contributed by atoms with van der Waals surface area (Å²) in [5.41, 5.74) is 15.4. The number of guanidine groups is 1. The van der Waals surface area contributed by atoms with Gasteiger partial charge in [0, 0.05) is 60.9 Å². The predicted octanol–water partition coefficient (Wildman–Crippen LogP) is 4.39. The van der Waals surface area contributed by atoms with Gasteiger partial charge in [-0.2, -0.15) is 4.99 Å². The quantitative estimate of drug-likeness (QED) is 0.173. The fourth-order valence-corrected chi connectivity index (χ4v) is 5.47. The van der Waals surface area contributed by atoms with E-state index in [-0.39, 0.29) is 11.7 Å². The third-order valence-corrected chi connectivity index (χ3v) is 7.75. The van der Waals surface area contributed by atoms with Crippen molar-refractivity contribution in [1.82, 2.24) is 14.8 Å². The fourth-order valence-electron chi connectivity index (χ4n) is 5.34. The number of methoxy groups -OCH3 is 3. The van der Waals surface area contributed by atoms with E-state index in [2.05, 4.69) is 31.2 Å². The topological polar surface area (TPSA) is 141 Å². The maximum absolute atomic E-state index is 12.6. The number of carbonyl (C=O) groups is 1. The molecule has 1 amide bonds. The molecule has 230 valence electrons. The zero-order valence-electron chi connectivity index (χ0n) is 25.0. The summed E-state index contributed by atoms with van der Waals surface area (Å²) in [6.45, 7) is 5.16. The van der Waals surface area contributed by atoms with Crippen LogP contribution >= 0.6 is 11.6 Å². The normalized spacial score (nSPS) is 13.8. The van der Waals surface area contributed by atoms with Crippen molar-refractivity contribution in [3.05, 3.63) is 82.5 Å². The Morgan fingerprint density at radius 1 is 0.886 bits per heavy atom. The lowest BCUT2D eigenvalue weighted by Crippen LogP contribution is -2.45. The van der Waals surface area contributed by atoms with Gasteiger partial charge >= 0.3 is 0 Å². The highest BCUT2D eigenvalue weighted by molar-refractivity contribution is 6.30. The molecule has 11 nitrogen and oxygen atoms in total. The van der Waals surface area contributed by atoms with Crippen molar-refractivity contribution < 1.29 is 19.0 Å². The van der Waals surface area contributed by atoms with Gasteiger partial charge in [-0.15, -0.1) is 0 Å². The van der Waals surface area contributed by atoms with Crippen LogP contribution in [0.1, 0.15) is 21.6 Å². The van der Waals surface area contributed by atoms with Crippen LogP contribution in [0.4, 0.5) is 11.4 Å². The summed E-state index contributed by atoms with van der Waals surface area (Å²) in [5.74, 6) is 1.02. The second-order valence-electron chi connectivity index (χ2n) is 10.4. The number of nitrogens with two attached hydrogens (primary N) is 2. The van der Waals surface area contributed by atoms with E-state index in [4.69, 9.17) is 37.3 Å². The molecule has 1 fully saturated rings.